The summed E-state index contributed by atoms with van der Waals surface area (Å²) in [5, 5.41) is 0.0306. The summed E-state index contributed by atoms with van der Waals surface area (Å²) in [4.78, 5) is -0.509. The molecule has 0 aliphatic carbocycles. The van der Waals surface area contributed by atoms with Crippen molar-refractivity contribution in [3.63, 3.8) is 0 Å². The number of hydrogen-bond donors (Lipinski definition) is 0. The lowest BCUT2D eigenvalue weighted by Crippen LogP contribution is -2.44. The van der Waals surface area contributed by atoms with E-state index < -0.39 is 23.4 Å². The molecule has 108 valence electrons. The van der Waals surface area contributed by atoms with E-state index in [0.717, 1.165) is 6.07 Å². The highest BCUT2D eigenvalue weighted by atomic mass is 35.5. The highest BCUT2D eigenvalue weighted by molar-refractivity contribution is 7.86. The summed E-state index contributed by atoms with van der Waals surface area (Å²) >= 11 is 5.71. The van der Waals surface area contributed by atoms with Gasteiger partial charge in [-0.3, -0.25) is 0 Å². The van der Waals surface area contributed by atoms with Crippen molar-refractivity contribution in [1.82, 2.24) is 0 Å². The summed E-state index contributed by atoms with van der Waals surface area (Å²) in [6.07, 6.45) is 0. The third kappa shape index (κ3) is 3.93. The van der Waals surface area contributed by atoms with Gasteiger partial charge in [0.15, 0.2) is 0 Å². The summed E-state index contributed by atoms with van der Waals surface area (Å²) in [7, 11) is -7.11. The van der Waals surface area contributed by atoms with Crippen LogP contribution in [0.15, 0.2) is 23.1 Å². The fourth-order valence-electron chi connectivity index (χ4n) is 1.18. The second kappa shape index (κ2) is 5.07. The lowest BCUT2D eigenvalue weighted by molar-refractivity contribution is 0.476. The van der Waals surface area contributed by atoms with Crippen molar-refractivity contribution in [2.24, 2.45) is 0 Å². The van der Waals surface area contributed by atoms with Gasteiger partial charge in [0.2, 0.25) is 0 Å². The van der Waals surface area contributed by atoms with Gasteiger partial charge in [0.05, 0.1) is 0 Å². The molecular formula is C12H18ClFO3SSi. The Morgan fingerprint density at radius 3 is 2.21 bits per heavy atom. The van der Waals surface area contributed by atoms with E-state index in [1.807, 2.05) is 33.9 Å². The predicted molar refractivity (Wildman–Crippen MR) is 77.6 cm³/mol. The Balaban J connectivity index is 3.31. The normalized spacial score (nSPS) is 13.4. The lowest BCUT2D eigenvalue weighted by atomic mass is 10.2. The molecule has 0 aliphatic heterocycles. The first-order valence-corrected chi connectivity index (χ1v) is 10.4. The molecule has 0 spiro atoms. The molecule has 3 nitrogen and oxygen atoms in total. The fraction of sp³-hybridized carbons (Fsp3) is 0.500. The zero-order valence-corrected chi connectivity index (χ0v) is 14.2. The van der Waals surface area contributed by atoms with Gasteiger partial charge in [-0.25, -0.2) is 0 Å². The molecule has 0 aromatic heterocycles. The molecule has 1 aromatic carbocycles. The molecule has 19 heavy (non-hydrogen) atoms. The molecule has 0 saturated heterocycles. The van der Waals surface area contributed by atoms with Crippen LogP contribution >= 0.6 is 11.6 Å². The van der Waals surface area contributed by atoms with Crippen LogP contribution < -0.4 is 4.43 Å². The van der Waals surface area contributed by atoms with Crippen molar-refractivity contribution in [2.45, 2.75) is 43.8 Å². The molecule has 1 rings (SSSR count). The van der Waals surface area contributed by atoms with Gasteiger partial charge in [0, 0.05) is 5.02 Å². The maximum absolute atomic E-state index is 13.3. The van der Waals surface area contributed by atoms with Crippen LogP contribution in [0.25, 0.3) is 0 Å². The van der Waals surface area contributed by atoms with Crippen molar-refractivity contribution in [2.75, 3.05) is 0 Å². The van der Waals surface area contributed by atoms with Crippen LogP contribution in [-0.2, 0) is 10.2 Å². The summed E-state index contributed by atoms with van der Waals surface area (Å²) in [5.41, 5.74) is 0. The standard InChI is InChI=1S/C12H18ClFO3SSi/c1-12(2,3)19(4,5)17-10-7-6-9(13)8-11(10)18(14,15)16/h6-8H,1-5H3. The molecule has 0 fully saturated rings. The molecule has 0 bridgehead atoms. The first kappa shape index (κ1) is 16.5. The summed E-state index contributed by atoms with van der Waals surface area (Å²) in [5.74, 6) is 0.0264. The third-order valence-electron chi connectivity index (χ3n) is 3.34. The summed E-state index contributed by atoms with van der Waals surface area (Å²) in [6.45, 7) is 9.95. The van der Waals surface area contributed by atoms with E-state index in [9.17, 15) is 12.3 Å². The molecule has 0 N–H and O–H groups in total. The maximum Gasteiger partial charge on any atom is 0.335 e. The Morgan fingerprint density at radius 2 is 1.79 bits per heavy atom. The summed E-state index contributed by atoms with van der Waals surface area (Å²) < 4.78 is 41.4. The van der Waals surface area contributed by atoms with E-state index in [1.165, 1.54) is 12.1 Å². The molecule has 7 heteroatoms. The molecule has 0 saturated carbocycles. The average molecular weight is 325 g/mol. The van der Waals surface area contributed by atoms with Crippen LogP contribution in [0.3, 0.4) is 0 Å². The minimum atomic E-state index is -4.86. The Hall–Kier alpha value is -0.593. The van der Waals surface area contributed by atoms with E-state index in [-0.39, 0.29) is 15.8 Å². The fourth-order valence-corrected chi connectivity index (χ4v) is 3.15. The van der Waals surface area contributed by atoms with Crippen LogP contribution in [0.5, 0.6) is 5.75 Å². The predicted octanol–water partition coefficient (Wildman–Crippen LogP) is 4.38. The second-order valence-electron chi connectivity index (χ2n) is 5.89. The molecule has 0 aliphatic rings. The molecule has 0 heterocycles. The van der Waals surface area contributed by atoms with E-state index >= 15 is 0 Å². The minimum absolute atomic E-state index is 0.0264. The van der Waals surface area contributed by atoms with Gasteiger partial charge in [-0.15, -0.1) is 3.89 Å². The van der Waals surface area contributed by atoms with Crippen molar-refractivity contribution < 1.29 is 16.7 Å². The molecule has 0 unspecified atom stereocenters. The van der Waals surface area contributed by atoms with E-state index in [0.29, 0.717) is 0 Å². The molecular weight excluding hydrogens is 307 g/mol. The van der Waals surface area contributed by atoms with Gasteiger partial charge in [-0.05, 0) is 36.3 Å². The summed E-state index contributed by atoms with van der Waals surface area (Å²) in [6, 6.07) is 3.95. The maximum atomic E-state index is 13.3. The average Bonchev–Trinajstić information content (AvgIpc) is 2.17. The monoisotopic (exact) mass is 324 g/mol. The molecule has 0 atom stereocenters. The van der Waals surface area contributed by atoms with E-state index in [2.05, 4.69) is 0 Å². The third-order valence-corrected chi connectivity index (χ3v) is 8.76. The lowest BCUT2D eigenvalue weighted by Gasteiger charge is -2.36. The number of rotatable bonds is 3. The number of halogens is 2. The van der Waals surface area contributed by atoms with Crippen molar-refractivity contribution in [1.29, 1.82) is 0 Å². The topological polar surface area (TPSA) is 43.4 Å². The van der Waals surface area contributed by atoms with E-state index in [4.69, 9.17) is 16.0 Å². The van der Waals surface area contributed by atoms with Crippen molar-refractivity contribution in [3.8, 4) is 5.75 Å². The van der Waals surface area contributed by atoms with Crippen molar-refractivity contribution >= 4 is 30.1 Å². The largest absolute Gasteiger partial charge is 0.543 e. The Morgan fingerprint density at radius 1 is 1.26 bits per heavy atom. The van der Waals surface area contributed by atoms with Gasteiger partial charge in [0.1, 0.15) is 10.6 Å². The van der Waals surface area contributed by atoms with Gasteiger partial charge >= 0.3 is 10.2 Å². The second-order valence-corrected chi connectivity index (χ2v) is 12.4. The zero-order chi connectivity index (χ0) is 15.1. The van der Waals surface area contributed by atoms with Crippen molar-refractivity contribution in [3.05, 3.63) is 23.2 Å². The van der Waals surface area contributed by atoms with Crippen LogP contribution in [-0.4, -0.2) is 16.7 Å². The quantitative estimate of drug-likeness (QED) is 0.612. The smallest absolute Gasteiger partial charge is 0.335 e. The van der Waals surface area contributed by atoms with Gasteiger partial charge in [0.25, 0.3) is 8.32 Å². The zero-order valence-electron chi connectivity index (χ0n) is 11.6. The SMILES string of the molecule is CC(C)(C)[Si](C)(C)Oc1ccc(Cl)cc1S(=O)(=O)F. The van der Waals surface area contributed by atoms with E-state index in [1.54, 1.807) is 0 Å². The van der Waals surface area contributed by atoms with Gasteiger partial charge in [-0.2, -0.15) is 8.42 Å². The first-order valence-electron chi connectivity index (χ1n) is 5.78. The van der Waals surface area contributed by atoms with Crippen LogP contribution in [0.1, 0.15) is 20.8 Å². The Kier molecular flexibility index (Phi) is 4.39. The molecule has 0 radical (unpaired) electrons. The van der Waals surface area contributed by atoms with Crippen LogP contribution in [0.2, 0.25) is 23.2 Å². The number of hydrogen-bond acceptors (Lipinski definition) is 3. The molecule has 1 aromatic rings. The Labute approximate surface area is 120 Å². The Bertz CT molecular complexity index is 579. The van der Waals surface area contributed by atoms with Crippen LogP contribution in [0.4, 0.5) is 3.89 Å². The highest BCUT2D eigenvalue weighted by Gasteiger charge is 2.40. The minimum Gasteiger partial charge on any atom is -0.543 e. The number of benzene rings is 1. The van der Waals surface area contributed by atoms with Crippen LogP contribution in [0, 0.1) is 0 Å². The first-order chi connectivity index (χ1) is 8.34. The van der Waals surface area contributed by atoms with Gasteiger partial charge < -0.3 is 4.43 Å². The van der Waals surface area contributed by atoms with Gasteiger partial charge in [-0.1, -0.05) is 32.4 Å². The molecule has 0 amide bonds. The highest BCUT2D eigenvalue weighted by Crippen LogP contribution is 2.39.